The minimum Gasteiger partial charge on any atom is -0.494 e. The van der Waals surface area contributed by atoms with Crippen molar-refractivity contribution in [1.29, 1.82) is 0 Å². The molecule has 0 unspecified atom stereocenters. The second-order valence-electron chi connectivity index (χ2n) is 10.8. The van der Waals surface area contributed by atoms with E-state index in [1.807, 2.05) is 46.0 Å². The van der Waals surface area contributed by atoms with Crippen molar-refractivity contribution in [2.24, 2.45) is 4.99 Å². The predicted molar refractivity (Wildman–Crippen MR) is 175 cm³/mol. The van der Waals surface area contributed by atoms with Gasteiger partial charge in [-0.2, -0.15) is 0 Å². The Kier molecular flexibility index (Phi) is 11.2. The fourth-order valence-corrected chi connectivity index (χ4v) is 4.53. The van der Waals surface area contributed by atoms with Crippen LogP contribution in [-0.2, 0) is 4.79 Å². The number of amides is 1. The summed E-state index contributed by atoms with van der Waals surface area (Å²) in [6.07, 6.45) is 2.80. The summed E-state index contributed by atoms with van der Waals surface area (Å²) in [5.74, 6) is -0.915. The lowest BCUT2D eigenvalue weighted by molar-refractivity contribution is -0.111. The highest BCUT2D eigenvalue weighted by atomic mass is 19.1. The van der Waals surface area contributed by atoms with Crippen LogP contribution in [0.15, 0.2) is 70.2 Å². The number of aromatic nitrogens is 1. The molecule has 0 bridgehead atoms. The lowest BCUT2D eigenvalue weighted by Crippen LogP contribution is -2.29. The minimum absolute atomic E-state index is 0.0784. The number of benzene rings is 2. The normalized spacial score (nSPS) is 11.1. The second-order valence-corrected chi connectivity index (χ2v) is 10.8. The molecule has 0 aliphatic rings. The molecule has 9 nitrogen and oxygen atoms in total. The number of anilines is 3. The van der Waals surface area contributed by atoms with Gasteiger partial charge in [0.15, 0.2) is 0 Å². The SMILES string of the molecule is C=CC(=O)Nc1cc(NC(/N=C\c2c(C)cc(=O)n(-c3cc(F)cc(F)c3)c2C)=C(C)C)c(OC)cc1N(C)CCN(C)C. The summed E-state index contributed by atoms with van der Waals surface area (Å²) in [5.41, 5.74) is 4.09. The Hall–Kier alpha value is -4.77. The van der Waals surface area contributed by atoms with E-state index in [0.29, 0.717) is 46.3 Å². The van der Waals surface area contributed by atoms with Crippen molar-refractivity contribution in [1.82, 2.24) is 9.47 Å². The average Bonchev–Trinajstić information content (AvgIpc) is 2.94. The number of carbonyl (C=O) groups excluding carboxylic acids is 1. The van der Waals surface area contributed by atoms with Crippen LogP contribution in [0.3, 0.4) is 0 Å². The molecule has 0 saturated heterocycles. The quantitative estimate of drug-likeness (QED) is 0.205. The van der Waals surface area contributed by atoms with Gasteiger partial charge in [-0.1, -0.05) is 6.58 Å². The maximum atomic E-state index is 14.0. The van der Waals surface area contributed by atoms with Gasteiger partial charge in [0, 0.05) is 55.8 Å². The number of halogens is 2. The van der Waals surface area contributed by atoms with Crippen molar-refractivity contribution in [3.8, 4) is 11.4 Å². The van der Waals surface area contributed by atoms with E-state index in [1.54, 1.807) is 33.2 Å². The molecule has 0 saturated carbocycles. The van der Waals surface area contributed by atoms with Gasteiger partial charge in [-0.25, -0.2) is 13.8 Å². The monoisotopic (exact) mass is 606 g/mol. The van der Waals surface area contributed by atoms with Crippen molar-refractivity contribution in [3.63, 3.8) is 0 Å². The topological polar surface area (TPSA) is 91.2 Å². The predicted octanol–water partition coefficient (Wildman–Crippen LogP) is 5.65. The Balaban J connectivity index is 2.07. The molecule has 234 valence electrons. The van der Waals surface area contributed by atoms with Gasteiger partial charge in [-0.3, -0.25) is 14.2 Å². The number of nitrogens with zero attached hydrogens (tertiary/aromatic N) is 4. The van der Waals surface area contributed by atoms with Crippen LogP contribution >= 0.6 is 0 Å². The summed E-state index contributed by atoms with van der Waals surface area (Å²) >= 11 is 0. The molecule has 1 aromatic heterocycles. The molecule has 0 aliphatic heterocycles. The van der Waals surface area contributed by atoms with Crippen molar-refractivity contribution >= 4 is 29.2 Å². The molecule has 11 heteroatoms. The number of ether oxygens (including phenoxy) is 1. The van der Waals surface area contributed by atoms with Gasteiger partial charge in [0.25, 0.3) is 5.56 Å². The second kappa shape index (κ2) is 14.6. The molecule has 2 aromatic carbocycles. The first kappa shape index (κ1) is 33.7. The minimum atomic E-state index is -0.786. The maximum absolute atomic E-state index is 14.0. The first-order valence-electron chi connectivity index (χ1n) is 13.9. The highest BCUT2D eigenvalue weighted by Gasteiger charge is 2.17. The number of aliphatic imine (C=N–C) groups is 1. The number of rotatable bonds is 12. The number of aryl methyl sites for hydroxylation is 1. The molecule has 2 N–H and O–H groups in total. The molecule has 3 rings (SSSR count). The van der Waals surface area contributed by atoms with Gasteiger partial charge in [-0.05, 0) is 77.2 Å². The standard InChI is InChI=1S/C33H40F2N6O3/c1-10-31(42)37-27-17-28(30(44-9)18-29(27)40(8)12-11-39(6)7)38-33(20(2)3)36-19-26-21(4)13-32(43)41(22(26)5)25-15-23(34)14-24(35)16-25/h10,13-19,38H,1,11-12H2,2-9H3,(H,37,42)/b36-19-. The molecule has 44 heavy (non-hydrogen) atoms. The number of methoxy groups -OCH3 is 1. The van der Waals surface area contributed by atoms with E-state index in [9.17, 15) is 18.4 Å². The van der Waals surface area contributed by atoms with E-state index in [-0.39, 0.29) is 11.6 Å². The van der Waals surface area contributed by atoms with Crippen LogP contribution in [0.1, 0.15) is 30.7 Å². The number of nitrogens with one attached hydrogen (secondary N) is 2. The van der Waals surface area contributed by atoms with Crippen LogP contribution in [0.5, 0.6) is 5.75 Å². The lowest BCUT2D eigenvalue weighted by atomic mass is 10.1. The number of carbonyl (C=O) groups is 1. The van der Waals surface area contributed by atoms with E-state index in [4.69, 9.17) is 9.73 Å². The van der Waals surface area contributed by atoms with Gasteiger partial charge < -0.3 is 25.2 Å². The molecule has 1 heterocycles. The van der Waals surface area contributed by atoms with E-state index < -0.39 is 17.2 Å². The largest absolute Gasteiger partial charge is 0.494 e. The first-order chi connectivity index (χ1) is 20.7. The molecule has 0 fully saturated rings. The third-order valence-electron chi connectivity index (χ3n) is 6.92. The van der Waals surface area contributed by atoms with Gasteiger partial charge >= 0.3 is 0 Å². The highest BCUT2D eigenvalue weighted by Crippen LogP contribution is 2.38. The molecule has 0 aliphatic carbocycles. The zero-order valence-corrected chi connectivity index (χ0v) is 26.5. The Morgan fingerprint density at radius 2 is 1.66 bits per heavy atom. The molecule has 0 atom stereocenters. The summed E-state index contributed by atoms with van der Waals surface area (Å²) in [7, 11) is 7.47. The average molecular weight is 607 g/mol. The lowest BCUT2D eigenvalue weighted by Gasteiger charge is -2.26. The molecule has 1 amide bonds. The number of hydrogen-bond acceptors (Lipinski definition) is 7. The zero-order valence-electron chi connectivity index (χ0n) is 26.5. The molecule has 0 radical (unpaired) electrons. The van der Waals surface area contributed by atoms with Crippen LogP contribution in [0, 0.1) is 25.5 Å². The number of likely N-dealkylation sites (N-methyl/N-ethyl adjacent to an activating group) is 2. The third kappa shape index (κ3) is 8.19. The van der Waals surface area contributed by atoms with Crippen LogP contribution in [0.25, 0.3) is 5.69 Å². The van der Waals surface area contributed by atoms with Gasteiger partial charge in [0.2, 0.25) is 5.91 Å². The van der Waals surface area contributed by atoms with E-state index in [2.05, 4.69) is 22.1 Å². The first-order valence-corrected chi connectivity index (χ1v) is 13.9. The van der Waals surface area contributed by atoms with Crippen molar-refractivity contribution < 1.29 is 18.3 Å². The molecule has 0 spiro atoms. The van der Waals surface area contributed by atoms with Crippen molar-refractivity contribution in [3.05, 3.63) is 99.3 Å². The van der Waals surface area contributed by atoms with Crippen LogP contribution in [0.4, 0.5) is 25.8 Å². The Labute approximate surface area is 257 Å². The van der Waals surface area contributed by atoms with Crippen molar-refractivity contribution in [2.45, 2.75) is 27.7 Å². The van der Waals surface area contributed by atoms with E-state index in [1.165, 1.54) is 16.7 Å². The maximum Gasteiger partial charge on any atom is 0.255 e. The van der Waals surface area contributed by atoms with Gasteiger partial charge in [0.1, 0.15) is 23.2 Å². The highest BCUT2D eigenvalue weighted by molar-refractivity contribution is 6.02. The number of hydrogen-bond donors (Lipinski definition) is 2. The smallest absolute Gasteiger partial charge is 0.255 e. The van der Waals surface area contributed by atoms with E-state index in [0.717, 1.165) is 36.0 Å². The third-order valence-corrected chi connectivity index (χ3v) is 6.92. The Bertz CT molecular complexity index is 1650. The van der Waals surface area contributed by atoms with Gasteiger partial charge in [-0.15, -0.1) is 0 Å². The molecule has 3 aromatic rings. The van der Waals surface area contributed by atoms with Crippen molar-refractivity contribution in [2.75, 3.05) is 56.9 Å². The molecular weight excluding hydrogens is 566 g/mol. The Morgan fingerprint density at radius 3 is 2.23 bits per heavy atom. The van der Waals surface area contributed by atoms with Crippen LogP contribution in [0.2, 0.25) is 0 Å². The van der Waals surface area contributed by atoms with Gasteiger partial charge in [0.05, 0.1) is 29.9 Å². The van der Waals surface area contributed by atoms with Crippen LogP contribution in [-0.4, -0.2) is 62.9 Å². The summed E-state index contributed by atoms with van der Waals surface area (Å²) in [6, 6.07) is 7.97. The number of allylic oxidation sites excluding steroid dienone is 1. The Morgan fingerprint density at radius 1 is 1.00 bits per heavy atom. The summed E-state index contributed by atoms with van der Waals surface area (Å²) < 4.78 is 34.9. The number of pyridine rings is 1. The zero-order chi connectivity index (χ0) is 32.7. The summed E-state index contributed by atoms with van der Waals surface area (Å²) in [6.45, 7) is 12.3. The van der Waals surface area contributed by atoms with E-state index >= 15 is 0 Å². The van der Waals surface area contributed by atoms with Crippen LogP contribution < -0.4 is 25.8 Å². The summed E-state index contributed by atoms with van der Waals surface area (Å²) in [4.78, 5) is 34.0. The fourth-order valence-electron chi connectivity index (χ4n) is 4.53. The fraction of sp³-hybridized carbons (Fsp3) is 0.303. The summed E-state index contributed by atoms with van der Waals surface area (Å²) in [5, 5.41) is 6.20. The molecular formula is C33H40F2N6O3.